The van der Waals surface area contributed by atoms with Crippen LogP contribution in [0.2, 0.25) is 0 Å². The Bertz CT molecular complexity index is 574. The van der Waals surface area contributed by atoms with Gasteiger partial charge < -0.3 is 10.6 Å². The molecule has 0 aromatic carbocycles. The van der Waals surface area contributed by atoms with E-state index in [1.54, 1.807) is 13.8 Å². The summed E-state index contributed by atoms with van der Waals surface area (Å²) in [4.78, 5) is 23.3. The third-order valence-electron chi connectivity index (χ3n) is 2.43. The zero-order valence-corrected chi connectivity index (χ0v) is 12.9. The van der Waals surface area contributed by atoms with Crippen LogP contribution in [0.1, 0.15) is 13.8 Å². The first-order valence-corrected chi connectivity index (χ1v) is 6.81. The van der Waals surface area contributed by atoms with Crippen LogP contribution < -0.4 is 16.2 Å². The van der Waals surface area contributed by atoms with Gasteiger partial charge in [0.15, 0.2) is 0 Å². The fourth-order valence-corrected chi connectivity index (χ4v) is 1.90. The fraction of sp³-hybridized carbons (Fsp3) is 0.545. The lowest BCUT2D eigenvalue weighted by Gasteiger charge is -2.16. The summed E-state index contributed by atoms with van der Waals surface area (Å²) in [5, 5.41) is 8.73. The molecule has 0 saturated carbocycles. The van der Waals surface area contributed by atoms with Crippen molar-refractivity contribution in [1.82, 2.24) is 15.1 Å². The molecule has 0 aliphatic carbocycles. The molecule has 21 heavy (non-hydrogen) atoms. The molecule has 1 aromatic rings. The predicted molar refractivity (Wildman–Crippen MR) is 74.0 cm³/mol. The number of alkyl halides is 3. The lowest BCUT2D eigenvalue weighted by molar-refractivity contribution is -0.143. The van der Waals surface area contributed by atoms with E-state index in [-0.39, 0.29) is 16.1 Å². The quantitative estimate of drug-likeness (QED) is 0.823. The molecule has 0 saturated heterocycles. The highest BCUT2D eigenvalue weighted by atomic mass is 79.9. The van der Waals surface area contributed by atoms with Gasteiger partial charge in [0.25, 0.3) is 5.56 Å². The summed E-state index contributed by atoms with van der Waals surface area (Å²) in [6.45, 7) is 2.27. The van der Waals surface area contributed by atoms with Crippen LogP contribution >= 0.6 is 15.9 Å². The van der Waals surface area contributed by atoms with Crippen LogP contribution in [0.3, 0.4) is 0 Å². The van der Waals surface area contributed by atoms with Crippen molar-refractivity contribution in [2.24, 2.45) is 0 Å². The SMILES string of the molecule is CCNC(=O)C(C)Nc1cnn(CC(F)(F)F)c(=O)c1Br. The van der Waals surface area contributed by atoms with Gasteiger partial charge in [-0.25, -0.2) is 4.68 Å². The second-order valence-corrected chi connectivity index (χ2v) is 5.00. The highest BCUT2D eigenvalue weighted by molar-refractivity contribution is 9.10. The number of rotatable bonds is 5. The summed E-state index contributed by atoms with van der Waals surface area (Å²) >= 11 is 2.92. The average molecular weight is 371 g/mol. The molecule has 0 bridgehead atoms. The molecule has 1 rings (SSSR count). The molecule has 6 nitrogen and oxygen atoms in total. The molecular weight excluding hydrogens is 357 g/mol. The molecule has 0 spiro atoms. The smallest absolute Gasteiger partial charge is 0.372 e. The van der Waals surface area contributed by atoms with Gasteiger partial charge in [-0.1, -0.05) is 0 Å². The van der Waals surface area contributed by atoms with Crippen molar-refractivity contribution in [2.75, 3.05) is 11.9 Å². The van der Waals surface area contributed by atoms with E-state index in [0.717, 1.165) is 6.20 Å². The second kappa shape index (κ2) is 6.92. The molecule has 10 heteroatoms. The van der Waals surface area contributed by atoms with Crippen LogP contribution in [0.4, 0.5) is 18.9 Å². The van der Waals surface area contributed by atoms with Crippen LogP contribution in [0.25, 0.3) is 0 Å². The molecule has 1 unspecified atom stereocenters. The summed E-state index contributed by atoms with van der Waals surface area (Å²) in [7, 11) is 0. The average Bonchev–Trinajstić information content (AvgIpc) is 2.37. The highest BCUT2D eigenvalue weighted by Gasteiger charge is 2.29. The Kier molecular flexibility index (Phi) is 5.76. The van der Waals surface area contributed by atoms with Crippen molar-refractivity contribution in [3.05, 3.63) is 21.0 Å². The zero-order valence-electron chi connectivity index (χ0n) is 11.3. The van der Waals surface area contributed by atoms with Gasteiger partial charge in [0.1, 0.15) is 17.1 Å². The lowest BCUT2D eigenvalue weighted by Crippen LogP contribution is -2.38. The Morgan fingerprint density at radius 2 is 2.14 bits per heavy atom. The normalized spacial score (nSPS) is 12.9. The number of carbonyl (C=O) groups excluding carboxylic acids is 1. The standard InChI is InChI=1S/C11H14BrF3N4O2/c1-3-16-9(20)6(2)18-7-4-17-19(5-11(13,14)15)10(21)8(7)12/h4,6,18H,3,5H2,1-2H3,(H,16,20). The van der Waals surface area contributed by atoms with E-state index in [9.17, 15) is 22.8 Å². The Hall–Kier alpha value is -1.58. The van der Waals surface area contributed by atoms with Gasteiger partial charge >= 0.3 is 6.18 Å². The van der Waals surface area contributed by atoms with Gasteiger partial charge in [0.2, 0.25) is 5.91 Å². The third-order valence-corrected chi connectivity index (χ3v) is 3.20. The number of nitrogens with zero attached hydrogens (tertiary/aromatic N) is 2. The number of aromatic nitrogens is 2. The summed E-state index contributed by atoms with van der Waals surface area (Å²) in [5.74, 6) is -0.302. The van der Waals surface area contributed by atoms with E-state index in [1.807, 2.05) is 0 Å². The maximum absolute atomic E-state index is 12.3. The Morgan fingerprint density at radius 1 is 1.52 bits per heavy atom. The van der Waals surface area contributed by atoms with Gasteiger partial charge in [0.05, 0.1) is 11.9 Å². The first-order chi connectivity index (χ1) is 9.65. The molecule has 2 N–H and O–H groups in total. The molecule has 1 amide bonds. The number of likely N-dealkylation sites (N-methyl/N-ethyl adjacent to an activating group) is 1. The van der Waals surface area contributed by atoms with Crippen molar-refractivity contribution >= 4 is 27.5 Å². The number of amides is 1. The molecule has 1 aromatic heterocycles. The monoisotopic (exact) mass is 370 g/mol. The van der Waals surface area contributed by atoms with Crippen LogP contribution in [0, 0.1) is 0 Å². The maximum Gasteiger partial charge on any atom is 0.408 e. The second-order valence-electron chi connectivity index (χ2n) is 4.21. The molecular formula is C11H14BrF3N4O2. The number of anilines is 1. The van der Waals surface area contributed by atoms with E-state index in [2.05, 4.69) is 31.7 Å². The van der Waals surface area contributed by atoms with E-state index in [0.29, 0.717) is 11.2 Å². The zero-order chi connectivity index (χ0) is 16.2. The number of hydrogen-bond acceptors (Lipinski definition) is 4. The summed E-state index contributed by atoms with van der Waals surface area (Å²) in [6.07, 6.45) is -3.48. The van der Waals surface area contributed by atoms with Gasteiger partial charge in [-0.3, -0.25) is 9.59 Å². The van der Waals surface area contributed by atoms with Crippen molar-refractivity contribution in [1.29, 1.82) is 0 Å². The van der Waals surface area contributed by atoms with Crippen LogP contribution in [-0.4, -0.2) is 34.5 Å². The number of nitrogens with one attached hydrogen (secondary N) is 2. The molecule has 0 aliphatic rings. The third kappa shape index (κ3) is 5.03. The minimum atomic E-state index is -4.54. The van der Waals surface area contributed by atoms with Crippen molar-refractivity contribution < 1.29 is 18.0 Å². The Morgan fingerprint density at radius 3 is 2.67 bits per heavy atom. The van der Waals surface area contributed by atoms with E-state index in [1.165, 1.54) is 0 Å². The van der Waals surface area contributed by atoms with Crippen LogP contribution in [-0.2, 0) is 11.3 Å². The number of hydrogen-bond donors (Lipinski definition) is 2. The summed E-state index contributed by atoms with van der Waals surface area (Å²) in [5.41, 5.74) is -0.780. The molecule has 1 atom stereocenters. The van der Waals surface area contributed by atoms with Crippen molar-refractivity contribution in [2.45, 2.75) is 32.6 Å². The van der Waals surface area contributed by atoms with Gasteiger partial charge in [-0.15, -0.1) is 0 Å². The fourth-order valence-electron chi connectivity index (χ4n) is 1.47. The maximum atomic E-state index is 12.3. The van der Waals surface area contributed by atoms with E-state index >= 15 is 0 Å². The molecule has 0 fully saturated rings. The first-order valence-electron chi connectivity index (χ1n) is 6.02. The van der Waals surface area contributed by atoms with Crippen molar-refractivity contribution in [3.8, 4) is 0 Å². The molecule has 1 heterocycles. The topological polar surface area (TPSA) is 76.0 Å². The van der Waals surface area contributed by atoms with Crippen molar-refractivity contribution in [3.63, 3.8) is 0 Å². The predicted octanol–water partition coefficient (Wildman–Crippen LogP) is 1.50. The Labute approximate surface area is 126 Å². The number of halogens is 4. The van der Waals surface area contributed by atoms with Gasteiger partial charge in [0, 0.05) is 6.54 Å². The Balaban J connectivity index is 2.95. The number of carbonyl (C=O) groups is 1. The van der Waals surface area contributed by atoms with Gasteiger partial charge in [-0.05, 0) is 29.8 Å². The van der Waals surface area contributed by atoms with Gasteiger partial charge in [-0.2, -0.15) is 18.3 Å². The molecule has 0 aliphatic heterocycles. The first kappa shape index (κ1) is 17.5. The summed E-state index contributed by atoms with van der Waals surface area (Å²) < 4.78 is 37.0. The molecule has 0 radical (unpaired) electrons. The van der Waals surface area contributed by atoms with E-state index < -0.39 is 24.3 Å². The molecule has 118 valence electrons. The highest BCUT2D eigenvalue weighted by Crippen LogP contribution is 2.20. The minimum Gasteiger partial charge on any atom is -0.372 e. The lowest BCUT2D eigenvalue weighted by atomic mass is 10.3. The van der Waals surface area contributed by atoms with E-state index in [4.69, 9.17) is 0 Å². The summed E-state index contributed by atoms with van der Waals surface area (Å²) in [6, 6.07) is -0.666. The van der Waals surface area contributed by atoms with Crippen LogP contribution in [0.15, 0.2) is 15.5 Å². The largest absolute Gasteiger partial charge is 0.408 e. The minimum absolute atomic E-state index is 0.113. The van der Waals surface area contributed by atoms with Crippen LogP contribution in [0.5, 0.6) is 0 Å².